The molecule has 0 spiro atoms. The average Bonchev–Trinajstić information content (AvgIpc) is 2.56. The summed E-state index contributed by atoms with van der Waals surface area (Å²) < 4.78 is 5.39. The van der Waals surface area contributed by atoms with Gasteiger partial charge in [0.2, 0.25) is 5.91 Å². The normalized spacial score (nSPS) is 14.9. The van der Waals surface area contributed by atoms with Crippen LogP contribution in [-0.2, 0) is 9.53 Å². The number of anilines is 2. The van der Waals surface area contributed by atoms with Crippen molar-refractivity contribution in [2.75, 3.05) is 49.6 Å². The van der Waals surface area contributed by atoms with Crippen LogP contribution in [0, 0.1) is 0 Å². The van der Waals surface area contributed by atoms with E-state index in [9.17, 15) is 4.79 Å². The second kappa shape index (κ2) is 9.43. The van der Waals surface area contributed by atoms with E-state index < -0.39 is 0 Å². The maximum absolute atomic E-state index is 12.1. The summed E-state index contributed by atoms with van der Waals surface area (Å²) in [5.41, 5.74) is 1.97. The summed E-state index contributed by atoms with van der Waals surface area (Å²) in [7, 11) is 0. The Labute approximate surface area is 133 Å². The fourth-order valence-corrected chi connectivity index (χ4v) is 2.50. The Morgan fingerprint density at radius 1 is 1.23 bits per heavy atom. The number of unbranched alkanes of at least 4 members (excludes halogenated alkanes) is 1. The number of morpholine rings is 1. The van der Waals surface area contributed by atoms with E-state index in [1.807, 2.05) is 18.2 Å². The van der Waals surface area contributed by atoms with Crippen molar-refractivity contribution in [2.24, 2.45) is 0 Å². The second-order valence-electron chi connectivity index (χ2n) is 5.52. The zero-order valence-electron chi connectivity index (χ0n) is 13.4. The quantitative estimate of drug-likeness (QED) is 0.723. The van der Waals surface area contributed by atoms with E-state index in [2.05, 4.69) is 28.5 Å². The Hall–Kier alpha value is -1.59. The molecule has 1 aromatic carbocycles. The molecule has 2 rings (SSSR count). The van der Waals surface area contributed by atoms with Crippen molar-refractivity contribution in [1.29, 1.82) is 0 Å². The third-order valence-electron chi connectivity index (χ3n) is 3.77. The number of ether oxygens (including phenoxy) is 1. The number of para-hydroxylation sites is 2. The van der Waals surface area contributed by atoms with E-state index in [-0.39, 0.29) is 5.91 Å². The summed E-state index contributed by atoms with van der Waals surface area (Å²) in [5.74, 6) is 0.0599. The number of amides is 1. The van der Waals surface area contributed by atoms with Gasteiger partial charge in [-0.3, -0.25) is 4.79 Å². The number of hydrogen-bond acceptors (Lipinski definition) is 4. The third kappa shape index (κ3) is 5.31. The molecule has 0 bridgehead atoms. The molecule has 1 aliphatic heterocycles. The highest BCUT2D eigenvalue weighted by atomic mass is 16.5. The third-order valence-corrected chi connectivity index (χ3v) is 3.77. The lowest BCUT2D eigenvalue weighted by molar-refractivity contribution is -0.116. The average molecular weight is 305 g/mol. The SMILES string of the molecule is CCCCNCCC(=O)Nc1ccccc1N1CCOCC1. The van der Waals surface area contributed by atoms with Crippen molar-refractivity contribution in [1.82, 2.24) is 5.32 Å². The minimum Gasteiger partial charge on any atom is -0.378 e. The van der Waals surface area contributed by atoms with Crippen LogP contribution in [0.3, 0.4) is 0 Å². The number of hydrogen-bond donors (Lipinski definition) is 2. The summed E-state index contributed by atoms with van der Waals surface area (Å²) in [6.07, 6.45) is 2.83. The first-order valence-corrected chi connectivity index (χ1v) is 8.23. The lowest BCUT2D eigenvalue weighted by Gasteiger charge is -2.30. The molecule has 0 saturated carbocycles. The summed E-state index contributed by atoms with van der Waals surface area (Å²) in [5, 5.41) is 6.33. The maximum Gasteiger partial charge on any atom is 0.225 e. The first-order chi connectivity index (χ1) is 10.8. The number of nitrogens with one attached hydrogen (secondary N) is 2. The second-order valence-corrected chi connectivity index (χ2v) is 5.52. The van der Waals surface area contributed by atoms with Gasteiger partial charge in [0.05, 0.1) is 24.6 Å². The van der Waals surface area contributed by atoms with Crippen molar-refractivity contribution >= 4 is 17.3 Å². The lowest BCUT2D eigenvalue weighted by Crippen LogP contribution is -2.36. The fourth-order valence-electron chi connectivity index (χ4n) is 2.50. The fraction of sp³-hybridized carbons (Fsp3) is 0.588. The van der Waals surface area contributed by atoms with Crippen LogP contribution in [0.5, 0.6) is 0 Å². The van der Waals surface area contributed by atoms with Gasteiger partial charge in [0.1, 0.15) is 0 Å². The highest BCUT2D eigenvalue weighted by Crippen LogP contribution is 2.26. The van der Waals surface area contributed by atoms with Gasteiger partial charge in [0, 0.05) is 26.1 Å². The van der Waals surface area contributed by atoms with E-state index in [4.69, 9.17) is 4.74 Å². The number of nitrogens with zero attached hydrogens (tertiary/aromatic N) is 1. The maximum atomic E-state index is 12.1. The molecule has 5 heteroatoms. The van der Waals surface area contributed by atoms with Gasteiger partial charge in [-0.1, -0.05) is 25.5 Å². The largest absolute Gasteiger partial charge is 0.378 e. The molecular formula is C17H27N3O2. The number of carbonyl (C=O) groups is 1. The molecule has 1 aromatic rings. The summed E-state index contributed by atoms with van der Waals surface area (Å²) in [4.78, 5) is 14.3. The Morgan fingerprint density at radius 2 is 2.00 bits per heavy atom. The topological polar surface area (TPSA) is 53.6 Å². The van der Waals surface area contributed by atoms with Gasteiger partial charge < -0.3 is 20.3 Å². The van der Waals surface area contributed by atoms with Crippen LogP contribution in [0.2, 0.25) is 0 Å². The molecule has 22 heavy (non-hydrogen) atoms. The molecule has 1 amide bonds. The molecule has 122 valence electrons. The van der Waals surface area contributed by atoms with Crippen molar-refractivity contribution in [2.45, 2.75) is 26.2 Å². The van der Waals surface area contributed by atoms with E-state index in [1.165, 1.54) is 6.42 Å². The van der Waals surface area contributed by atoms with E-state index >= 15 is 0 Å². The van der Waals surface area contributed by atoms with Crippen molar-refractivity contribution in [3.8, 4) is 0 Å². The highest BCUT2D eigenvalue weighted by Gasteiger charge is 2.15. The first-order valence-electron chi connectivity index (χ1n) is 8.23. The van der Waals surface area contributed by atoms with Crippen LogP contribution < -0.4 is 15.5 Å². The van der Waals surface area contributed by atoms with Gasteiger partial charge in [0.25, 0.3) is 0 Å². The highest BCUT2D eigenvalue weighted by molar-refractivity contribution is 5.94. The summed E-state index contributed by atoms with van der Waals surface area (Å²) in [6.45, 7) is 7.08. The number of benzene rings is 1. The summed E-state index contributed by atoms with van der Waals surface area (Å²) >= 11 is 0. The molecule has 5 nitrogen and oxygen atoms in total. The smallest absolute Gasteiger partial charge is 0.225 e. The van der Waals surface area contributed by atoms with E-state index in [1.54, 1.807) is 0 Å². The lowest BCUT2D eigenvalue weighted by atomic mass is 10.2. The Kier molecular flexibility index (Phi) is 7.19. The molecule has 1 fully saturated rings. The molecule has 0 atom stereocenters. The molecule has 0 aromatic heterocycles. The molecule has 0 aliphatic carbocycles. The summed E-state index contributed by atoms with van der Waals surface area (Å²) in [6, 6.07) is 7.99. The number of carbonyl (C=O) groups excluding carboxylic acids is 1. The van der Waals surface area contributed by atoms with Gasteiger partial charge in [-0.05, 0) is 25.1 Å². The molecule has 1 saturated heterocycles. The van der Waals surface area contributed by atoms with Crippen LogP contribution in [-0.4, -0.2) is 45.3 Å². The van der Waals surface area contributed by atoms with Gasteiger partial charge in [-0.2, -0.15) is 0 Å². The van der Waals surface area contributed by atoms with Crippen molar-refractivity contribution in [3.05, 3.63) is 24.3 Å². The number of rotatable bonds is 8. The van der Waals surface area contributed by atoms with Gasteiger partial charge in [0.15, 0.2) is 0 Å². The minimum atomic E-state index is 0.0599. The van der Waals surface area contributed by atoms with E-state index in [0.29, 0.717) is 6.42 Å². The first kappa shape index (κ1) is 16.8. The van der Waals surface area contributed by atoms with Gasteiger partial charge in [-0.25, -0.2) is 0 Å². The molecule has 0 unspecified atom stereocenters. The molecule has 1 heterocycles. The van der Waals surface area contributed by atoms with Gasteiger partial charge >= 0.3 is 0 Å². The zero-order chi connectivity index (χ0) is 15.6. The zero-order valence-corrected chi connectivity index (χ0v) is 13.4. The predicted molar refractivity (Wildman–Crippen MR) is 90.5 cm³/mol. The Bertz CT molecular complexity index is 459. The molecular weight excluding hydrogens is 278 g/mol. The Balaban J connectivity index is 1.85. The van der Waals surface area contributed by atoms with Crippen molar-refractivity contribution < 1.29 is 9.53 Å². The monoisotopic (exact) mass is 305 g/mol. The minimum absolute atomic E-state index is 0.0599. The van der Waals surface area contributed by atoms with Gasteiger partial charge in [-0.15, -0.1) is 0 Å². The van der Waals surface area contributed by atoms with Crippen LogP contribution in [0.1, 0.15) is 26.2 Å². The van der Waals surface area contributed by atoms with E-state index in [0.717, 1.165) is 57.2 Å². The van der Waals surface area contributed by atoms with Crippen molar-refractivity contribution in [3.63, 3.8) is 0 Å². The van der Waals surface area contributed by atoms with Crippen LogP contribution in [0.25, 0.3) is 0 Å². The standard InChI is InChI=1S/C17H27N3O2/c1-2-3-9-18-10-8-17(21)19-15-6-4-5-7-16(15)20-11-13-22-14-12-20/h4-7,18H,2-3,8-14H2,1H3,(H,19,21). The predicted octanol–water partition coefficient (Wildman–Crippen LogP) is 2.24. The molecule has 0 radical (unpaired) electrons. The van der Waals surface area contributed by atoms with Crippen LogP contribution in [0.15, 0.2) is 24.3 Å². The molecule has 2 N–H and O–H groups in total. The molecule has 1 aliphatic rings. The van der Waals surface area contributed by atoms with Crippen LogP contribution in [0.4, 0.5) is 11.4 Å². The van der Waals surface area contributed by atoms with Crippen LogP contribution >= 0.6 is 0 Å². The Morgan fingerprint density at radius 3 is 2.77 bits per heavy atom.